The van der Waals surface area contributed by atoms with Crippen molar-refractivity contribution in [2.45, 2.75) is 32.6 Å². The van der Waals surface area contributed by atoms with Crippen LogP contribution in [0.1, 0.15) is 42.9 Å². The molecule has 1 aliphatic heterocycles. The minimum Gasteiger partial charge on any atom is -0.349 e. The van der Waals surface area contributed by atoms with Crippen molar-refractivity contribution in [3.05, 3.63) is 71.1 Å². The van der Waals surface area contributed by atoms with Gasteiger partial charge in [-0.2, -0.15) is 5.10 Å². The molecule has 4 aromatic rings. The number of aromatic nitrogens is 3. The fourth-order valence-electron chi connectivity index (χ4n) is 5.01. The summed E-state index contributed by atoms with van der Waals surface area (Å²) in [5.41, 5.74) is 7.10. The van der Waals surface area contributed by atoms with Crippen molar-refractivity contribution in [2.75, 3.05) is 11.4 Å². The Labute approximate surface area is 203 Å². The maximum atomic E-state index is 14.2. The SMILES string of the molecule is C=C(CC)c1cn(C)c2c(Cl)cc(N3CCCc4cc(-c5cnn(C)c5)c(C(F)F)cc43)cc12. The minimum absolute atomic E-state index is 0.0191. The van der Waals surface area contributed by atoms with Crippen LogP contribution in [0.3, 0.4) is 0 Å². The maximum Gasteiger partial charge on any atom is 0.264 e. The Morgan fingerprint density at radius 2 is 1.97 bits per heavy atom. The Kier molecular flexibility index (Phi) is 5.72. The van der Waals surface area contributed by atoms with Crippen molar-refractivity contribution in [3.63, 3.8) is 0 Å². The van der Waals surface area contributed by atoms with Crippen LogP contribution >= 0.6 is 11.6 Å². The van der Waals surface area contributed by atoms with E-state index in [0.29, 0.717) is 16.1 Å². The van der Waals surface area contributed by atoms with Gasteiger partial charge in [-0.15, -0.1) is 0 Å². The zero-order chi connectivity index (χ0) is 24.1. The molecule has 0 N–H and O–H groups in total. The van der Waals surface area contributed by atoms with Gasteiger partial charge in [0, 0.05) is 66.5 Å². The van der Waals surface area contributed by atoms with Crippen molar-refractivity contribution in [2.24, 2.45) is 14.1 Å². The second-order valence-electron chi connectivity index (χ2n) is 8.96. The summed E-state index contributed by atoms with van der Waals surface area (Å²) in [6.45, 7) is 7.05. The van der Waals surface area contributed by atoms with E-state index in [4.69, 9.17) is 11.6 Å². The molecule has 0 saturated heterocycles. The first-order chi connectivity index (χ1) is 16.3. The van der Waals surface area contributed by atoms with Crippen molar-refractivity contribution >= 4 is 39.5 Å². The lowest BCUT2D eigenvalue weighted by Crippen LogP contribution is -2.25. The number of halogens is 3. The van der Waals surface area contributed by atoms with E-state index in [9.17, 15) is 8.78 Å². The molecular formula is C27H27ClF2N4. The Morgan fingerprint density at radius 1 is 1.18 bits per heavy atom. The molecule has 0 fully saturated rings. The van der Waals surface area contributed by atoms with Crippen molar-refractivity contribution < 1.29 is 8.78 Å². The first kappa shape index (κ1) is 22.7. The molecule has 3 heterocycles. The van der Waals surface area contributed by atoms with E-state index in [1.54, 1.807) is 30.2 Å². The average molecular weight is 481 g/mol. The lowest BCUT2D eigenvalue weighted by atomic mass is 9.92. The summed E-state index contributed by atoms with van der Waals surface area (Å²) < 4.78 is 32.1. The number of nitrogens with zero attached hydrogens (tertiary/aromatic N) is 4. The quantitative estimate of drug-likeness (QED) is 0.293. The molecule has 1 aliphatic rings. The van der Waals surface area contributed by atoms with Gasteiger partial charge in [-0.1, -0.05) is 25.1 Å². The summed E-state index contributed by atoms with van der Waals surface area (Å²) in [5.74, 6) is 0. The van der Waals surface area contributed by atoms with Gasteiger partial charge in [0.1, 0.15) is 0 Å². The topological polar surface area (TPSA) is 26.0 Å². The molecule has 2 aromatic heterocycles. The highest BCUT2D eigenvalue weighted by Crippen LogP contribution is 2.43. The zero-order valence-corrected chi connectivity index (χ0v) is 20.3. The molecule has 0 saturated carbocycles. The summed E-state index contributed by atoms with van der Waals surface area (Å²) in [6.07, 6.45) is 5.48. The summed E-state index contributed by atoms with van der Waals surface area (Å²) >= 11 is 6.76. The van der Waals surface area contributed by atoms with Gasteiger partial charge in [0.2, 0.25) is 0 Å². The van der Waals surface area contributed by atoms with Crippen LogP contribution < -0.4 is 4.90 Å². The highest BCUT2D eigenvalue weighted by atomic mass is 35.5. The number of aryl methyl sites for hydroxylation is 3. The Morgan fingerprint density at radius 3 is 2.65 bits per heavy atom. The van der Waals surface area contributed by atoms with E-state index >= 15 is 0 Å². The molecule has 0 atom stereocenters. The van der Waals surface area contributed by atoms with Gasteiger partial charge in [-0.3, -0.25) is 4.68 Å². The number of hydrogen-bond acceptors (Lipinski definition) is 2. The van der Waals surface area contributed by atoms with Crippen LogP contribution in [0.4, 0.5) is 20.2 Å². The molecule has 5 rings (SSSR count). The number of allylic oxidation sites excluding steroid dienone is 1. The highest BCUT2D eigenvalue weighted by Gasteiger charge is 2.26. The molecule has 0 aliphatic carbocycles. The first-order valence-electron chi connectivity index (χ1n) is 11.5. The summed E-state index contributed by atoms with van der Waals surface area (Å²) in [7, 11) is 3.77. The van der Waals surface area contributed by atoms with Crippen molar-refractivity contribution in [1.82, 2.24) is 14.3 Å². The fourth-order valence-corrected chi connectivity index (χ4v) is 5.36. The van der Waals surface area contributed by atoms with Crippen LogP contribution in [-0.4, -0.2) is 20.9 Å². The molecule has 0 spiro atoms. The third kappa shape index (κ3) is 3.70. The van der Waals surface area contributed by atoms with E-state index in [0.717, 1.165) is 64.8 Å². The number of fused-ring (bicyclic) bond motifs is 2. The number of hydrogen-bond donors (Lipinski definition) is 0. The van der Waals surface area contributed by atoms with Crippen LogP contribution in [0.2, 0.25) is 5.02 Å². The molecule has 7 heteroatoms. The summed E-state index contributed by atoms with van der Waals surface area (Å²) in [4.78, 5) is 2.12. The van der Waals surface area contributed by atoms with Gasteiger partial charge in [0.05, 0.1) is 16.7 Å². The standard InChI is InChI=1S/C27H27ClF2N4/c1-5-16(2)23-15-32(3)26-21(23)10-19(11-24(26)28)34-8-6-7-17-9-20(18-13-31-33(4)14-18)22(27(29)30)12-25(17)34/h9-15,27H,2,5-8H2,1,3-4H3. The second kappa shape index (κ2) is 8.58. The normalized spacial score (nSPS) is 13.7. The zero-order valence-electron chi connectivity index (χ0n) is 19.6. The maximum absolute atomic E-state index is 14.2. The molecule has 34 heavy (non-hydrogen) atoms. The van der Waals surface area contributed by atoms with Gasteiger partial charge in [0.25, 0.3) is 6.43 Å². The number of benzene rings is 2. The molecule has 0 unspecified atom stereocenters. The molecule has 0 amide bonds. The molecule has 176 valence electrons. The monoisotopic (exact) mass is 480 g/mol. The lowest BCUT2D eigenvalue weighted by Gasteiger charge is -2.33. The average Bonchev–Trinajstić information content (AvgIpc) is 3.40. The molecular weight excluding hydrogens is 454 g/mol. The van der Waals surface area contributed by atoms with Gasteiger partial charge in [-0.25, -0.2) is 8.78 Å². The highest BCUT2D eigenvalue weighted by molar-refractivity contribution is 6.36. The predicted octanol–water partition coefficient (Wildman–Crippen LogP) is 7.68. The van der Waals surface area contributed by atoms with Crippen LogP contribution in [0.5, 0.6) is 0 Å². The van der Waals surface area contributed by atoms with E-state index in [1.807, 2.05) is 23.7 Å². The molecule has 4 nitrogen and oxygen atoms in total. The largest absolute Gasteiger partial charge is 0.349 e. The number of alkyl halides is 2. The Bertz CT molecular complexity index is 1420. The Balaban J connectivity index is 1.68. The van der Waals surface area contributed by atoms with E-state index in [1.165, 1.54) is 0 Å². The van der Waals surface area contributed by atoms with Crippen LogP contribution in [0.15, 0.2) is 49.4 Å². The van der Waals surface area contributed by atoms with Gasteiger partial charge in [0.15, 0.2) is 0 Å². The summed E-state index contributed by atoms with van der Waals surface area (Å²) in [6, 6.07) is 7.61. The molecule has 2 aromatic carbocycles. The third-order valence-corrected chi connectivity index (χ3v) is 7.04. The minimum atomic E-state index is -2.59. The number of anilines is 2. The van der Waals surface area contributed by atoms with Gasteiger partial charge < -0.3 is 9.47 Å². The van der Waals surface area contributed by atoms with Gasteiger partial charge in [-0.05, 0) is 60.2 Å². The van der Waals surface area contributed by atoms with Crippen molar-refractivity contribution in [1.29, 1.82) is 0 Å². The predicted molar refractivity (Wildman–Crippen MR) is 136 cm³/mol. The Hall–Kier alpha value is -3.12. The van der Waals surface area contributed by atoms with E-state index in [-0.39, 0.29) is 5.56 Å². The third-order valence-electron chi connectivity index (χ3n) is 6.75. The first-order valence-corrected chi connectivity index (χ1v) is 11.8. The summed E-state index contributed by atoms with van der Waals surface area (Å²) in [5, 5.41) is 5.85. The van der Waals surface area contributed by atoms with Crippen molar-refractivity contribution in [3.8, 4) is 11.1 Å². The van der Waals surface area contributed by atoms with Gasteiger partial charge >= 0.3 is 0 Å². The number of rotatable bonds is 5. The lowest BCUT2D eigenvalue weighted by molar-refractivity contribution is 0.152. The van der Waals surface area contributed by atoms with E-state index < -0.39 is 6.43 Å². The molecule has 0 radical (unpaired) electrons. The molecule has 0 bridgehead atoms. The van der Waals surface area contributed by atoms with Crippen LogP contribution in [-0.2, 0) is 20.5 Å². The van der Waals surface area contributed by atoms with Crippen LogP contribution in [0, 0.1) is 0 Å². The smallest absolute Gasteiger partial charge is 0.264 e. The fraction of sp³-hybridized carbons (Fsp3) is 0.296. The second-order valence-corrected chi connectivity index (χ2v) is 9.37. The van der Waals surface area contributed by atoms with Crippen LogP contribution in [0.25, 0.3) is 27.6 Å². The van der Waals surface area contributed by atoms with E-state index in [2.05, 4.69) is 35.8 Å².